The zero-order valence-electron chi connectivity index (χ0n) is 17.1. The molecule has 2 heterocycles. The van der Waals surface area contributed by atoms with Gasteiger partial charge in [0.05, 0.1) is 10.7 Å². The molecule has 0 bridgehead atoms. The molecule has 4 rings (SSSR count). The molecule has 0 amide bonds. The van der Waals surface area contributed by atoms with Gasteiger partial charge in [-0.3, -0.25) is 4.90 Å². The van der Waals surface area contributed by atoms with E-state index in [4.69, 9.17) is 11.6 Å². The molecular formula is C21H26ClF2N3O2S2. The molecule has 2 aliphatic rings. The van der Waals surface area contributed by atoms with Crippen LogP contribution in [0.2, 0.25) is 5.02 Å². The lowest BCUT2D eigenvalue weighted by Crippen LogP contribution is -2.51. The summed E-state index contributed by atoms with van der Waals surface area (Å²) in [7, 11) is -3.90. The summed E-state index contributed by atoms with van der Waals surface area (Å²) in [4.78, 5) is 5.88. The van der Waals surface area contributed by atoms with Crippen molar-refractivity contribution in [2.45, 2.75) is 67.4 Å². The number of halogens is 3. The molecule has 0 unspecified atom stereocenters. The Balaban J connectivity index is 1.52. The minimum absolute atomic E-state index is 0.0552. The van der Waals surface area contributed by atoms with Gasteiger partial charge in [-0.15, -0.1) is 11.3 Å². The minimum atomic E-state index is -3.90. The molecule has 31 heavy (non-hydrogen) atoms. The Morgan fingerprint density at radius 2 is 1.94 bits per heavy atom. The molecule has 1 aromatic carbocycles. The van der Waals surface area contributed by atoms with Crippen LogP contribution in [0.1, 0.15) is 43.5 Å². The quantitative estimate of drug-likeness (QED) is 0.614. The van der Waals surface area contributed by atoms with Crippen LogP contribution in [-0.4, -0.2) is 49.6 Å². The molecule has 1 aliphatic carbocycles. The Morgan fingerprint density at radius 1 is 1.19 bits per heavy atom. The van der Waals surface area contributed by atoms with E-state index >= 15 is 0 Å². The summed E-state index contributed by atoms with van der Waals surface area (Å²) >= 11 is 7.60. The van der Waals surface area contributed by atoms with Gasteiger partial charge < -0.3 is 5.32 Å². The van der Waals surface area contributed by atoms with Gasteiger partial charge in [0, 0.05) is 36.8 Å². The van der Waals surface area contributed by atoms with Crippen molar-refractivity contribution in [3.8, 4) is 0 Å². The van der Waals surface area contributed by atoms with Gasteiger partial charge >= 0.3 is 0 Å². The highest BCUT2D eigenvalue weighted by Crippen LogP contribution is 2.34. The minimum Gasteiger partial charge on any atom is -0.379 e. The molecule has 1 saturated carbocycles. The summed E-state index contributed by atoms with van der Waals surface area (Å²) in [6.45, 7) is 1.44. The van der Waals surface area contributed by atoms with Gasteiger partial charge in [-0.05, 0) is 37.8 Å². The molecule has 2 fully saturated rings. The van der Waals surface area contributed by atoms with Gasteiger partial charge in [0.25, 0.3) is 0 Å². The third kappa shape index (κ3) is 5.38. The third-order valence-corrected chi connectivity index (χ3v) is 9.06. The Labute approximate surface area is 190 Å². The van der Waals surface area contributed by atoms with E-state index in [0.717, 1.165) is 38.8 Å². The van der Waals surface area contributed by atoms with Gasteiger partial charge in [-0.25, -0.2) is 22.2 Å². The summed E-state index contributed by atoms with van der Waals surface area (Å²) in [6.07, 6.45) is 5.94. The molecule has 1 N–H and O–H groups in total. The first-order chi connectivity index (χ1) is 14.8. The van der Waals surface area contributed by atoms with Crippen molar-refractivity contribution in [3.63, 3.8) is 0 Å². The summed E-state index contributed by atoms with van der Waals surface area (Å²) in [5.41, 5.74) is 0.393. The topological polar surface area (TPSA) is 62.3 Å². The van der Waals surface area contributed by atoms with E-state index in [1.54, 1.807) is 5.38 Å². The number of benzene rings is 1. The smallest absolute Gasteiger partial charge is 0.187 e. The molecule has 1 saturated heterocycles. The number of alkyl halides is 1. The number of sulfone groups is 1. The molecular weight excluding hydrogens is 464 g/mol. The number of hydrogen-bond donors (Lipinski definition) is 1. The zero-order chi connectivity index (χ0) is 22.0. The number of nitrogens with zero attached hydrogens (tertiary/aromatic N) is 2. The zero-order valence-corrected chi connectivity index (χ0v) is 19.5. The molecule has 1 aliphatic heterocycles. The van der Waals surface area contributed by atoms with Crippen molar-refractivity contribution in [2.75, 3.05) is 18.4 Å². The van der Waals surface area contributed by atoms with E-state index in [9.17, 15) is 17.2 Å². The fourth-order valence-electron chi connectivity index (χ4n) is 4.56. The molecule has 5 nitrogen and oxygen atoms in total. The van der Waals surface area contributed by atoms with Crippen molar-refractivity contribution >= 4 is 38.5 Å². The number of nitrogens with one attached hydrogen (secondary N) is 1. The van der Waals surface area contributed by atoms with Gasteiger partial charge in [-0.1, -0.05) is 24.4 Å². The highest BCUT2D eigenvalue weighted by Gasteiger charge is 2.33. The van der Waals surface area contributed by atoms with Crippen LogP contribution >= 0.6 is 22.9 Å². The molecule has 2 aromatic rings. The fourth-order valence-corrected chi connectivity index (χ4v) is 7.19. The van der Waals surface area contributed by atoms with Crippen LogP contribution in [0.25, 0.3) is 0 Å². The van der Waals surface area contributed by atoms with Crippen LogP contribution in [0.3, 0.4) is 0 Å². The maximum atomic E-state index is 14.9. The average molecular weight is 490 g/mol. The normalized spacial score (nSPS) is 23.7. The van der Waals surface area contributed by atoms with Crippen molar-refractivity contribution in [3.05, 3.63) is 39.6 Å². The van der Waals surface area contributed by atoms with Crippen molar-refractivity contribution in [1.82, 2.24) is 9.88 Å². The first-order valence-corrected chi connectivity index (χ1v) is 13.5. The molecule has 2 atom stereocenters. The second-order valence-corrected chi connectivity index (χ2v) is 11.6. The average Bonchev–Trinajstić information content (AvgIpc) is 3.24. The van der Waals surface area contributed by atoms with Crippen LogP contribution in [0.4, 0.5) is 14.5 Å². The molecule has 170 valence electrons. The Hall–Kier alpha value is -1.29. The monoisotopic (exact) mass is 489 g/mol. The van der Waals surface area contributed by atoms with Crippen molar-refractivity contribution in [1.29, 1.82) is 0 Å². The van der Waals surface area contributed by atoms with E-state index in [0.29, 0.717) is 23.5 Å². The lowest BCUT2D eigenvalue weighted by molar-refractivity contribution is 0.0847. The Kier molecular flexibility index (Phi) is 7.15. The highest BCUT2D eigenvalue weighted by molar-refractivity contribution is 7.90. The summed E-state index contributed by atoms with van der Waals surface area (Å²) in [6, 6.07) is 2.65. The third-order valence-electron chi connectivity index (χ3n) is 6.15. The standard InChI is InChI=1S/C21H26ClF2N3O2S2/c22-15-11-20(31(28,29)13-21-25-7-10-30-21)16(24)12-18(15)26-17-3-1-2-4-19(17)27-8-5-14(23)6-9-27/h7,10-12,14,17,19,26H,1-6,8-9,13H2/t17-,19-/m0/s1. The Bertz CT molecular complexity index is 996. The van der Waals surface area contributed by atoms with Crippen LogP contribution in [0.5, 0.6) is 0 Å². The number of piperidine rings is 1. The van der Waals surface area contributed by atoms with Crippen LogP contribution < -0.4 is 5.32 Å². The van der Waals surface area contributed by atoms with Crippen LogP contribution in [-0.2, 0) is 15.6 Å². The van der Waals surface area contributed by atoms with Crippen molar-refractivity contribution < 1.29 is 17.2 Å². The summed E-state index contributed by atoms with van der Waals surface area (Å²) in [5.74, 6) is -1.19. The van der Waals surface area contributed by atoms with Crippen LogP contribution in [0.15, 0.2) is 28.6 Å². The lowest BCUT2D eigenvalue weighted by atomic mass is 9.87. The number of aromatic nitrogens is 1. The molecule has 1 aromatic heterocycles. The number of rotatable bonds is 6. The van der Waals surface area contributed by atoms with E-state index in [1.807, 2.05) is 0 Å². The van der Waals surface area contributed by atoms with E-state index < -0.39 is 26.7 Å². The number of hydrogen-bond acceptors (Lipinski definition) is 6. The maximum absolute atomic E-state index is 14.9. The summed E-state index contributed by atoms with van der Waals surface area (Å²) in [5, 5.41) is 5.61. The van der Waals surface area contributed by atoms with Gasteiger partial charge in [0.1, 0.15) is 27.6 Å². The largest absolute Gasteiger partial charge is 0.379 e. The lowest BCUT2D eigenvalue weighted by Gasteiger charge is -2.43. The number of thiazole rings is 1. The highest BCUT2D eigenvalue weighted by atomic mass is 35.5. The molecule has 10 heteroatoms. The fraction of sp³-hybridized carbons (Fsp3) is 0.571. The first kappa shape index (κ1) is 22.9. The molecule has 0 radical (unpaired) electrons. The number of likely N-dealkylation sites (tertiary alicyclic amines) is 1. The van der Waals surface area contributed by atoms with Crippen molar-refractivity contribution in [2.24, 2.45) is 0 Å². The van der Waals surface area contributed by atoms with Gasteiger partial charge in [0.2, 0.25) is 0 Å². The van der Waals surface area contributed by atoms with Gasteiger partial charge in [-0.2, -0.15) is 0 Å². The second kappa shape index (κ2) is 9.68. The summed E-state index contributed by atoms with van der Waals surface area (Å²) < 4.78 is 53.8. The number of anilines is 1. The predicted molar refractivity (Wildman–Crippen MR) is 120 cm³/mol. The van der Waals surface area contributed by atoms with E-state index in [2.05, 4.69) is 15.2 Å². The van der Waals surface area contributed by atoms with Crippen LogP contribution in [0, 0.1) is 5.82 Å². The SMILES string of the molecule is O=S(=O)(Cc1nccs1)c1cc(Cl)c(N[C@H]2CCCC[C@@H]2N2CCC(F)CC2)cc1F. The van der Waals surface area contributed by atoms with E-state index in [1.165, 1.54) is 29.7 Å². The van der Waals surface area contributed by atoms with E-state index in [-0.39, 0.29) is 22.9 Å². The van der Waals surface area contributed by atoms with Gasteiger partial charge in [0.15, 0.2) is 9.84 Å². The predicted octanol–water partition coefficient (Wildman–Crippen LogP) is 5.07. The first-order valence-electron chi connectivity index (χ1n) is 10.6. The molecule has 0 spiro atoms. The Morgan fingerprint density at radius 3 is 2.65 bits per heavy atom. The second-order valence-electron chi connectivity index (χ2n) is 8.26. The maximum Gasteiger partial charge on any atom is 0.187 e.